The van der Waals surface area contributed by atoms with Gasteiger partial charge in [0.2, 0.25) is 10.0 Å². The minimum Gasteiger partial charge on any atom is -0.368 e. The molecule has 0 aromatic carbocycles. The minimum atomic E-state index is -4.48. The molecule has 248 valence electrons. The summed E-state index contributed by atoms with van der Waals surface area (Å²) in [6, 6.07) is 2.80. The highest BCUT2D eigenvalue weighted by atomic mass is 32.2. The average molecular weight is 654 g/mol. The molecule has 5 heterocycles. The van der Waals surface area contributed by atoms with Crippen LogP contribution in [0.1, 0.15) is 78.4 Å². The molecule has 5 rings (SSSR count). The number of nitrogens with one attached hydrogen (secondary N) is 1. The first-order valence-corrected chi connectivity index (χ1v) is 17.4. The lowest BCUT2D eigenvalue weighted by molar-refractivity contribution is -0.141. The van der Waals surface area contributed by atoms with Gasteiger partial charge in [0.1, 0.15) is 23.5 Å². The summed E-state index contributed by atoms with van der Waals surface area (Å²) in [4.78, 5) is 30.0. The van der Waals surface area contributed by atoms with Crippen LogP contribution in [-0.2, 0) is 20.9 Å². The van der Waals surface area contributed by atoms with Gasteiger partial charge in [-0.2, -0.15) is 13.2 Å². The molecule has 45 heavy (non-hydrogen) atoms. The standard InChI is InChI=1S/C30H42F3N7O4S/c1-20-27(29(41)40-15-11-23(12-16-40)39-13-9-22(10-14-39)38(2)45(3,42)43)36-19-37-28(20)35-18-24-5-4-6-25(44-24)21-7-8-26(34-17-21)30(31,32)33/h7-8,17,19,22-25H,4-6,9-16,18H2,1-3H3,(H,35,36,37). The van der Waals surface area contributed by atoms with Gasteiger partial charge in [-0.15, -0.1) is 0 Å². The molecule has 0 saturated carbocycles. The fraction of sp³-hybridized carbons (Fsp3) is 0.667. The van der Waals surface area contributed by atoms with Gasteiger partial charge in [0.15, 0.2) is 0 Å². The van der Waals surface area contributed by atoms with Crippen LogP contribution in [0.4, 0.5) is 19.0 Å². The molecular formula is C30H42F3N7O4S. The molecule has 2 atom stereocenters. The van der Waals surface area contributed by atoms with Gasteiger partial charge in [0.25, 0.3) is 5.91 Å². The fourth-order valence-corrected chi connectivity index (χ4v) is 7.33. The highest BCUT2D eigenvalue weighted by molar-refractivity contribution is 7.88. The fourth-order valence-electron chi connectivity index (χ4n) is 6.58. The molecule has 2 unspecified atom stereocenters. The monoisotopic (exact) mass is 653 g/mol. The number of likely N-dealkylation sites (tertiary alicyclic amines) is 2. The summed E-state index contributed by atoms with van der Waals surface area (Å²) in [5, 5.41) is 3.29. The van der Waals surface area contributed by atoms with E-state index >= 15 is 0 Å². The second-order valence-corrected chi connectivity index (χ2v) is 14.3. The largest absolute Gasteiger partial charge is 0.433 e. The number of ether oxygens (including phenoxy) is 1. The van der Waals surface area contributed by atoms with Gasteiger partial charge in [-0.05, 0) is 76.6 Å². The zero-order valence-corrected chi connectivity index (χ0v) is 26.8. The second-order valence-electron chi connectivity index (χ2n) is 12.3. The number of rotatable bonds is 8. The Labute approximate surface area is 262 Å². The maximum Gasteiger partial charge on any atom is 0.433 e. The molecule has 0 aliphatic carbocycles. The van der Waals surface area contributed by atoms with Crippen molar-refractivity contribution in [1.29, 1.82) is 0 Å². The number of carbonyl (C=O) groups excluding carboxylic acids is 1. The molecule has 0 spiro atoms. The highest BCUT2D eigenvalue weighted by Gasteiger charge is 2.34. The number of nitrogens with zero attached hydrogens (tertiary/aromatic N) is 6. The van der Waals surface area contributed by atoms with E-state index in [9.17, 15) is 26.4 Å². The molecule has 3 aliphatic heterocycles. The molecule has 1 N–H and O–H groups in total. The molecule has 11 nitrogen and oxygen atoms in total. The van der Waals surface area contributed by atoms with Crippen molar-refractivity contribution in [2.45, 2.75) is 82.3 Å². The van der Waals surface area contributed by atoms with Crippen LogP contribution in [0.5, 0.6) is 0 Å². The smallest absolute Gasteiger partial charge is 0.368 e. The van der Waals surface area contributed by atoms with E-state index in [2.05, 4.69) is 25.2 Å². The maximum atomic E-state index is 13.5. The molecule has 2 aromatic rings. The van der Waals surface area contributed by atoms with E-state index in [0.717, 1.165) is 57.7 Å². The van der Waals surface area contributed by atoms with Crippen molar-refractivity contribution >= 4 is 21.7 Å². The molecule has 1 amide bonds. The first kappa shape index (κ1) is 33.5. The third-order valence-corrected chi connectivity index (χ3v) is 10.7. The number of pyridine rings is 1. The third kappa shape index (κ3) is 8.10. The van der Waals surface area contributed by atoms with E-state index in [-0.39, 0.29) is 24.2 Å². The van der Waals surface area contributed by atoms with Gasteiger partial charge < -0.3 is 19.9 Å². The van der Waals surface area contributed by atoms with Crippen molar-refractivity contribution in [3.63, 3.8) is 0 Å². The molecule has 3 aliphatic rings. The van der Waals surface area contributed by atoms with E-state index in [1.807, 2.05) is 11.8 Å². The number of aromatic nitrogens is 3. The van der Waals surface area contributed by atoms with Crippen LogP contribution in [0.25, 0.3) is 0 Å². The number of hydrogen-bond acceptors (Lipinski definition) is 9. The Morgan fingerprint density at radius 1 is 1.04 bits per heavy atom. The topological polar surface area (TPSA) is 121 Å². The predicted octanol–water partition coefficient (Wildman–Crippen LogP) is 3.88. The number of piperidine rings is 2. The summed E-state index contributed by atoms with van der Waals surface area (Å²) in [7, 11) is -1.55. The number of hydrogen-bond donors (Lipinski definition) is 1. The summed E-state index contributed by atoms with van der Waals surface area (Å²) in [6.45, 7) is 5.17. The van der Waals surface area contributed by atoms with Gasteiger partial charge in [-0.1, -0.05) is 6.07 Å². The normalized spacial score (nSPS) is 23.0. The van der Waals surface area contributed by atoms with Crippen molar-refractivity contribution in [3.8, 4) is 0 Å². The van der Waals surface area contributed by atoms with Gasteiger partial charge in [0, 0.05) is 50.5 Å². The Morgan fingerprint density at radius 2 is 1.76 bits per heavy atom. The number of anilines is 1. The van der Waals surface area contributed by atoms with Crippen molar-refractivity contribution in [1.82, 2.24) is 29.1 Å². The molecule has 15 heteroatoms. The third-order valence-electron chi connectivity index (χ3n) is 9.39. The Kier molecular flexibility index (Phi) is 10.3. The lowest BCUT2D eigenvalue weighted by Gasteiger charge is -2.43. The van der Waals surface area contributed by atoms with Gasteiger partial charge in [-0.3, -0.25) is 9.78 Å². The molecular weight excluding hydrogens is 611 g/mol. The summed E-state index contributed by atoms with van der Waals surface area (Å²) in [5.74, 6) is 0.417. The average Bonchev–Trinajstić information content (AvgIpc) is 3.03. The van der Waals surface area contributed by atoms with Crippen molar-refractivity contribution in [3.05, 3.63) is 47.2 Å². The van der Waals surface area contributed by atoms with Crippen molar-refractivity contribution in [2.24, 2.45) is 0 Å². The predicted molar refractivity (Wildman–Crippen MR) is 162 cm³/mol. The highest BCUT2D eigenvalue weighted by Crippen LogP contribution is 2.33. The summed E-state index contributed by atoms with van der Waals surface area (Å²) in [6.07, 6.45) is 4.50. The zero-order valence-electron chi connectivity index (χ0n) is 26.0. The molecule has 0 bridgehead atoms. The zero-order chi connectivity index (χ0) is 32.4. The first-order valence-electron chi connectivity index (χ1n) is 15.5. The van der Waals surface area contributed by atoms with Crippen molar-refractivity contribution in [2.75, 3.05) is 51.3 Å². The number of sulfonamides is 1. The van der Waals surface area contributed by atoms with Gasteiger partial charge in [-0.25, -0.2) is 22.7 Å². The number of carbonyl (C=O) groups is 1. The Morgan fingerprint density at radius 3 is 2.38 bits per heavy atom. The minimum absolute atomic E-state index is 0.0314. The Hall–Kier alpha value is -2.88. The molecule has 0 radical (unpaired) electrons. The van der Waals surface area contributed by atoms with E-state index in [1.54, 1.807) is 7.05 Å². The number of alkyl halides is 3. The van der Waals surface area contributed by atoms with E-state index in [1.165, 1.54) is 29.2 Å². The maximum absolute atomic E-state index is 13.5. The number of halogens is 3. The summed E-state index contributed by atoms with van der Waals surface area (Å²) >= 11 is 0. The molecule has 3 fully saturated rings. The quantitative estimate of drug-likeness (QED) is 0.453. The Bertz CT molecular complexity index is 1430. The van der Waals surface area contributed by atoms with Gasteiger partial charge >= 0.3 is 6.18 Å². The molecule has 2 aromatic heterocycles. The van der Waals surface area contributed by atoms with Crippen LogP contribution in [0.3, 0.4) is 0 Å². The number of amides is 1. The SMILES string of the molecule is Cc1c(NCC2CCCC(c3ccc(C(F)(F)F)nc3)O2)ncnc1C(=O)N1CCC(N2CCC(N(C)S(C)(=O)=O)CC2)CC1. The van der Waals surface area contributed by atoms with Crippen LogP contribution in [0.15, 0.2) is 24.7 Å². The second kappa shape index (κ2) is 13.9. The molecule has 3 saturated heterocycles. The lowest BCUT2D eigenvalue weighted by Crippen LogP contribution is -2.52. The lowest BCUT2D eigenvalue weighted by atomic mass is 9.97. The van der Waals surface area contributed by atoms with Crippen molar-refractivity contribution < 1.29 is 31.1 Å². The van der Waals surface area contributed by atoms with Crippen LogP contribution < -0.4 is 5.32 Å². The van der Waals surface area contributed by atoms with Gasteiger partial charge in [0.05, 0.1) is 18.5 Å². The van der Waals surface area contributed by atoms with E-state index in [0.29, 0.717) is 54.7 Å². The first-order chi connectivity index (χ1) is 21.3. The van der Waals surface area contributed by atoms with E-state index < -0.39 is 21.9 Å². The summed E-state index contributed by atoms with van der Waals surface area (Å²) in [5.41, 5.74) is 0.701. The van der Waals surface area contributed by atoms with Crippen LogP contribution >= 0.6 is 0 Å². The van der Waals surface area contributed by atoms with E-state index in [4.69, 9.17) is 4.74 Å². The van der Waals surface area contributed by atoms with Crippen LogP contribution in [-0.4, -0.2) is 108 Å². The Balaban J connectivity index is 1.11. The van der Waals surface area contributed by atoms with Crippen LogP contribution in [0.2, 0.25) is 0 Å². The van der Waals surface area contributed by atoms with Crippen LogP contribution in [0, 0.1) is 6.92 Å². The summed E-state index contributed by atoms with van der Waals surface area (Å²) < 4.78 is 70.2.